The molecule has 0 bridgehead atoms. The quantitative estimate of drug-likeness (QED) is 0.873. The van der Waals surface area contributed by atoms with Gasteiger partial charge in [-0.3, -0.25) is 4.79 Å². The Morgan fingerprint density at radius 3 is 2.65 bits per heavy atom. The van der Waals surface area contributed by atoms with Crippen molar-refractivity contribution in [1.82, 2.24) is 8.61 Å². The second kappa shape index (κ2) is 7.36. The Bertz CT molecular complexity index is 695. The van der Waals surface area contributed by atoms with E-state index in [0.717, 1.165) is 4.31 Å². The summed E-state index contributed by atoms with van der Waals surface area (Å²) in [5.74, 6) is -0.655. The van der Waals surface area contributed by atoms with Gasteiger partial charge in [0.15, 0.2) is 0 Å². The number of nitrogens with zero attached hydrogens (tertiary/aromatic N) is 2. The van der Waals surface area contributed by atoms with Gasteiger partial charge >= 0.3 is 0 Å². The summed E-state index contributed by atoms with van der Waals surface area (Å²) in [7, 11) is -0.553. The first kappa shape index (κ1) is 18.5. The highest BCUT2D eigenvalue weighted by Gasteiger charge is 2.33. The molecule has 1 N–H and O–H groups in total. The Hall–Kier alpha value is -0.860. The maximum Gasteiger partial charge on any atom is 0.281 e. The van der Waals surface area contributed by atoms with Gasteiger partial charge in [0, 0.05) is 32.2 Å². The van der Waals surface area contributed by atoms with Crippen molar-refractivity contribution in [3.8, 4) is 0 Å². The van der Waals surface area contributed by atoms with E-state index in [2.05, 4.69) is 5.32 Å². The van der Waals surface area contributed by atoms with Gasteiger partial charge < -0.3 is 5.32 Å². The minimum atomic E-state index is -3.51. The molecule has 1 heterocycles. The average molecular weight is 380 g/mol. The lowest BCUT2D eigenvalue weighted by Crippen LogP contribution is -2.47. The van der Waals surface area contributed by atoms with Gasteiger partial charge in [0.25, 0.3) is 10.2 Å². The lowest BCUT2D eigenvalue weighted by molar-refractivity contribution is -0.120. The predicted octanol–water partition coefficient (Wildman–Crippen LogP) is 2.45. The van der Waals surface area contributed by atoms with Crippen LogP contribution in [0.5, 0.6) is 0 Å². The molecule has 128 valence electrons. The van der Waals surface area contributed by atoms with Gasteiger partial charge in [-0.05, 0) is 31.0 Å². The minimum Gasteiger partial charge on any atom is -0.324 e. The highest BCUT2D eigenvalue weighted by molar-refractivity contribution is 7.86. The average Bonchev–Trinajstić information content (AvgIpc) is 2.50. The summed E-state index contributed by atoms with van der Waals surface area (Å²) in [6, 6.07) is 4.80. The highest BCUT2D eigenvalue weighted by atomic mass is 35.5. The van der Waals surface area contributed by atoms with Crippen LogP contribution in [0.25, 0.3) is 0 Å². The van der Waals surface area contributed by atoms with E-state index in [-0.39, 0.29) is 12.5 Å². The van der Waals surface area contributed by atoms with Crippen LogP contribution < -0.4 is 5.32 Å². The first-order chi connectivity index (χ1) is 10.7. The van der Waals surface area contributed by atoms with E-state index in [1.165, 1.54) is 18.4 Å². The fraction of sp³-hybridized carbons (Fsp3) is 0.500. The number of amides is 1. The van der Waals surface area contributed by atoms with Crippen molar-refractivity contribution < 1.29 is 13.2 Å². The summed E-state index contributed by atoms with van der Waals surface area (Å²) in [6.45, 7) is 0.587. The number of carbonyl (C=O) groups excluding carboxylic acids is 1. The number of anilines is 1. The number of hydrogen-bond donors (Lipinski definition) is 1. The highest BCUT2D eigenvalue weighted by Crippen LogP contribution is 2.27. The molecule has 1 fully saturated rings. The summed E-state index contributed by atoms with van der Waals surface area (Å²) < 4.78 is 26.9. The fourth-order valence-corrected chi connectivity index (χ4v) is 4.07. The maximum absolute atomic E-state index is 12.4. The van der Waals surface area contributed by atoms with E-state index in [9.17, 15) is 13.2 Å². The van der Waals surface area contributed by atoms with Crippen LogP contribution in [-0.4, -0.2) is 50.1 Å². The third-order valence-corrected chi connectivity index (χ3v) is 6.19. The molecule has 1 aromatic rings. The normalized spacial score (nSPS) is 19.8. The van der Waals surface area contributed by atoms with Crippen LogP contribution in [0.15, 0.2) is 18.2 Å². The molecule has 0 saturated carbocycles. The standard InChI is InChI=1S/C14H19Cl2N3O3S/c1-18(2)23(21,22)19-7-3-4-10(9-19)14(20)17-13-6-5-11(15)8-12(13)16/h5-6,8,10H,3-4,7,9H2,1-2H3,(H,17,20)/t10-/m0/s1. The molecule has 6 nitrogen and oxygen atoms in total. The van der Waals surface area contributed by atoms with E-state index in [4.69, 9.17) is 23.2 Å². The molecular formula is C14H19Cl2N3O3S. The Morgan fingerprint density at radius 1 is 1.35 bits per heavy atom. The van der Waals surface area contributed by atoms with Crippen LogP contribution in [0.4, 0.5) is 5.69 Å². The molecule has 2 rings (SSSR count). The van der Waals surface area contributed by atoms with Crippen molar-refractivity contribution >= 4 is 45.0 Å². The van der Waals surface area contributed by atoms with Crippen LogP contribution in [0, 0.1) is 5.92 Å². The van der Waals surface area contributed by atoms with Crippen molar-refractivity contribution in [1.29, 1.82) is 0 Å². The molecule has 1 amide bonds. The van der Waals surface area contributed by atoms with Crippen LogP contribution in [-0.2, 0) is 15.0 Å². The number of nitrogens with one attached hydrogen (secondary N) is 1. The third kappa shape index (κ3) is 4.36. The molecule has 1 aromatic carbocycles. The maximum atomic E-state index is 12.4. The van der Waals surface area contributed by atoms with Crippen molar-refractivity contribution in [2.24, 2.45) is 5.92 Å². The second-order valence-corrected chi connectivity index (χ2v) is 8.59. The molecule has 1 saturated heterocycles. The molecule has 0 spiro atoms. The van der Waals surface area contributed by atoms with Gasteiger partial charge in [0.2, 0.25) is 5.91 Å². The van der Waals surface area contributed by atoms with E-state index in [1.807, 2.05) is 0 Å². The van der Waals surface area contributed by atoms with E-state index in [1.54, 1.807) is 18.2 Å². The SMILES string of the molecule is CN(C)S(=O)(=O)N1CCC[C@H](C(=O)Nc2ccc(Cl)cc2Cl)C1. The van der Waals surface area contributed by atoms with Crippen LogP contribution in [0.3, 0.4) is 0 Å². The molecule has 0 aliphatic carbocycles. The Morgan fingerprint density at radius 2 is 2.04 bits per heavy atom. The van der Waals surface area contributed by atoms with Crippen molar-refractivity contribution in [2.75, 3.05) is 32.5 Å². The van der Waals surface area contributed by atoms with Crippen molar-refractivity contribution in [3.05, 3.63) is 28.2 Å². The molecule has 0 aromatic heterocycles. The number of piperidine rings is 1. The largest absolute Gasteiger partial charge is 0.324 e. The molecule has 1 aliphatic rings. The van der Waals surface area contributed by atoms with Gasteiger partial charge in [-0.2, -0.15) is 17.0 Å². The zero-order chi connectivity index (χ0) is 17.2. The number of carbonyl (C=O) groups is 1. The summed E-state index contributed by atoms with van der Waals surface area (Å²) in [4.78, 5) is 12.4. The number of benzene rings is 1. The predicted molar refractivity (Wildman–Crippen MR) is 92.0 cm³/mol. The van der Waals surface area contributed by atoms with Crippen LogP contribution >= 0.6 is 23.2 Å². The lowest BCUT2D eigenvalue weighted by atomic mass is 9.99. The van der Waals surface area contributed by atoms with Crippen LogP contribution in [0.2, 0.25) is 10.0 Å². The molecule has 9 heteroatoms. The smallest absolute Gasteiger partial charge is 0.281 e. The second-order valence-electron chi connectivity index (χ2n) is 5.60. The first-order valence-electron chi connectivity index (χ1n) is 7.15. The zero-order valence-corrected chi connectivity index (χ0v) is 15.2. The molecule has 0 radical (unpaired) electrons. The summed E-state index contributed by atoms with van der Waals surface area (Å²) in [6.07, 6.45) is 1.27. The van der Waals surface area contributed by atoms with Gasteiger partial charge in [-0.25, -0.2) is 0 Å². The topological polar surface area (TPSA) is 69.7 Å². The molecule has 1 aliphatic heterocycles. The Labute approximate surface area is 146 Å². The lowest BCUT2D eigenvalue weighted by Gasteiger charge is -2.32. The van der Waals surface area contributed by atoms with Crippen molar-refractivity contribution in [3.63, 3.8) is 0 Å². The molecule has 23 heavy (non-hydrogen) atoms. The Balaban J connectivity index is 2.08. The van der Waals surface area contributed by atoms with Gasteiger partial charge in [-0.15, -0.1) is 0 Å². The van der Waals surface area contributed by atoms with E-state index in [0.29, 0.717) is 35.1 Å². The summed E-state index contributed by atoms with van der Waals surface area (Å²) in [5.41, 5.74) is 0.466. The van der Waals surface area contributed by atoms with Crippen LogP contribution in [0.1, 0.15) is 12.8 Å². The summed E-state index contributed by atoms with van der Waals surface area (Å²) >= 11 is 11.9. The Kier molecular flexibility index (Phi) is 5.91. The molecule has 1 atom stereocenters. The number of halogens is 2. The molecular weight excluding hydrogens is 361 g/mol. The fourth-order valence-electron chi connectivity index (χ4n) is 2.42. The van der Waals surface area contributed by atoms with E-state index >= 15 is 0 Å². The number of hydrogen-bond acceptors (Lipinski definition) is 3. The van der Waals surface area contributed by atoms with Gasteiger partial charge in [0.1, 0.15) is 0 Å². The van der Waals surface area contributed by atoms with Gasteiger partial charge in [0.05, 0.1) is 16.6 Å². The summed E-state index contributed by atoms with van der Waals surface area (Å²) in [5, 5.41) is 3.57. The number of rotatable bonds is 4. The third-order valence-electron chi connectivity index (χ3n) is 3.73. The molecule has 0 unspecified atom stereocenters. The van der Waals surface area contributed by atoms with Crippen molar-refractivity contribution in [2.45, 2.75) is 12.8 Å². The zero-order valence-electron chi connectivity index (χ0n) is 12.9. The first-order valence-corrected chi connectivity index (χ1v) is 9.30. The van der Waals surface area contributed by atoms with Gasteiger partial charge in [-0.1, -0.05) is 23.2 Å². The van der Waals surface area contributed by atoms with E-state index < -0.39 is 16.1 Å². The minimum absolute atomic E-state index is 0.164. The monoisotopic (exact) mass is 379 g/mol.